The van der Waals surface area contributed by atoms with Crippen LogP contribution >= 0.6 is 11.3 Å². The van der Waals surface area contributed by atoms with Crippen LogP contribution < -0.4 is 11.1 Å². The first-order valence-electron chi connectivity index (χ1n) is 5.69. The van der Waals surface area contributed by atoms with Crippen molar-refractivity contribution in [2.45, 2.75) is 20.3 Å². The van der Waals surface area contributed by atoms with Crippen LogP contribution in [0.3, 0.4) is 0 Å². The summed E-state index contributed by atoms with van der Waals surface area (Å²) in [4.78, 5) is 5.77. The van der Waals surface area contributed by atoms with Crippen LogP contribution in [-0.2, 0) is 6.42 Å². The van der Waals surface area contributed by atoms with Gasteiger partial charge < -0.3 is 11.1 Å². The molecule has 17 heavy (non-hydrogen) atoms. The van der Waals surface area contributed by atoms with E-state index in [0.29, 0.717) is 6.54 Å². The first-order chi connectivity index (χ1) is 8.19. The van der Waals surface area contributed by atoms with Crippen LogP contribution in [0.15, 0.2) is 24.3 Å². The number of thiazole rings is 1. The first kappa shape index (κ1) is 12.1. The van der Waals surface area contributed by atoms with Crippen LogP contribution in [0.5, 0.6) is 0 Å². The Bertz CT molecular complexity index is 505. The van der Waals surface area contributed by atoms with Crippen molar-refractivity contribution in [1.29, 1.82) is 0 Å². The van der Waals surface area contributed by atoms with Crippen LogP contribution in [0.4, 0.5) is 10.8 Å². The molecule has 0 saturated heterocycles. The molecule has 1 aromatic carbocycles. The Balaban J connectivity index is 2.16. The van der Waals surface area contributed by atoms with Gasteiger partial charge >= 0.3 is 0 Å². The van der Waals surface area contributed by atoms with Gasteiger partial charge in [0.2, 0.25) is 0 Å². The second kappa shape index (κ2) is 5.29. The highest BCUT2D eigenvalue weighted by molar-refractivity contribution is 7.15. The zero-order chi connectivity index (χ0) is 12.3. The smallest absolute Gasteiger partial charge is 0.187 e. The summed E-state index contributed by atoms with van der Waals surface area (Å²) in [5.41, 5.74) is 8.97. The van der Waals surface area contributed by atoms with E-state index in [9.17, 15) is 0 Å². The Morgan fingerprint density at radius 2 is 2.18 bits per heavy atom. The van der Waals surface area contributed by atoms with E-state index in [-0.39, 0.29) is 0 Å². The summed E-state index contributed by atoms with van der Waals surface area (Å²) in [6.07, 6.45) is 0.902. The standard InChI is InChI=1S/C13H17N3S/c1-9-4-3-5-11(8-9)16-13-15-10(2)12(17-13)6-7-14/h3-5,8H,6-7,14H2,1-2H3,(H,15,16). The van der Waals surface area contributed by atoms with Crippen molar-refractivity contribution in [3.05, 3.63) is 40.4 Å². The number of nitrogens with two attached hydrogens (primary N) is 1. The molecule has 0 bridgehead atoms. The summed E-state index contributed by atoms with van der Waals surface area (Å²) in [5, 5.41) is 4.27. The van der Waals surface area contributed by atoms with Gasteiger partial charge in [-0.25, -0.2) is 4.98 Å². The maximum atomic E-state index is 5.57. The van der Waals surface area contributed by atoms with Crippen molar-refractivity contribution in [2.24, 2.45) is 5.73 Å². The minimum absolute atomic E-state index is 0.674. The molecular formula is C13H17N3S. The summed E-state index contributed by atoms with van der Waals surface area (Å²) in [6, 6.07) is 8.28. The summed E-state index contributed by atoms with van der Waals surface area (Å²) in [7, 11) is 0. The lowest BCUT2D eigenvalue weighted by Gasteiger charge is -2.02. The van der Waals surface area contributed by atoms with E-state index in [1.807, 2.05) is 19.1 Å². The number of nitrogens with one attached hydrogen (secondary N) is 1. The van der Waals surface area contributed by atoms with Crippen molar-refractivity contribution in [1.82, 2.24) is 4.98 Å². The van der Waals surface area contributed by atoms with Gasteiger partial charge in [0.15, 0.2) is 5.13 Å². The third-order valence-electron chi connectivity index (χ3n) is 2.53. The Morgan fingerprint density at radius 3 is 2.88 bits per heavy atom. The van der Waals surface area contributed by atoms with Gasteiger partial charge in [-0.1, -0.05) is 12.1 Å². The molecule has 3 nitrogen and oxygen atoms in total. The molecule has 0 amide bonds. The number of anilines is 2. The van der Waals surface area contributed by atoms with Crippen LogP contribution in [-0.4, -0.2) is 11.5 Å². The topological polar surface area (TPSA) is 50.9 Å². The number of nitrogens with zero attached hydrogens (tertiary/aromatic N) is 1. The molecule has 2 aromatic rings. The third kappa shape index (κ3) is 3.05. The monoisotopic (exact) mass is 247 g/mol. The predicted molar refractivity (Wildman–Crippen MR) is 74.1 cm³/mol. The molecule has 2 rings (SSSR count). The van der Waals surface area contributed by atoms with Crippen LogP contribution in [0.25, 0.3) is 0 Å². The number of benzene rings is 1. The van der Waals surface area contributed by atoms with Crippen molar-refractivity contribution in [3.63, 3.8) is 0 Å². The minimum Gasteiger partial charge on any atom is -0.332 e. The minimum atomic E-state index is 0.674. The average molecular weight is 247 g/mol. The highest BCUT2D eigenvalue weighted by Gasteiger charge is 2.06. The molecular weight excluding hydrogens is 230 g/mol. The van der Waals surface area contributed by atoms with Gasteiger partial charge in [-0.3, -0.25) is 0 Å². The molecule has 0 atom stereocenters. The number of hydrogen-bond acceptors (Lipinski definition) is 4. The second-order valence-electron chi connectivity index (χ2n) is 4.06. The molecule has 1 heterocycles. The summed E-state index contributed by atoms with van der Waals surface area (Å²) >= 11 is 1.68. The van der Waals surface area contributed by atoms with Crippen LogP contribution in [0.1, 0.15) is 16.1 Å². The quantitative estimate of drug-likeness (QED) is 0.873. The van der Waals surface area contributed by atoms with E-state index in [4.69, 9.17) is 5.73 Å². The third-order valence-corrected chi connectivity index (χ3v) is 3.67. The van der Waals surface area contributed by atoms with Gasteiger partial charge in [0.25, 0.3) is 0 Å². The van der Waals surface area contributed by atoms with Gasteiger partial charge in [0.05, 0.1) is 5.69 Å². The molecule has 3 N–H and O–H groups in total. The molecule has 0 spiro atoms. The Labute approximate surface area is 106 Å². The zero-order valence-electron chi connectivity index (χ0n) is 10.2. The zero-order valence-corrected chi connectivity index (χ0v) is 11.0. The number of aromatic nitrogens is 1. The molecule has 90 valence electrons. The highest BCUT2D eigenvalue weighted by Crippen LogP contribution is 2.26. The molecule has 4 heteroatoms. The number of hydrogen-bond donors (Lipinski definition) is 2. The van der Waals surface area contributed by atoms with Crippen molar-refractivity contribution in [3.8, 4) is 0 Å². The Morgan fingerprint density at radius 1 is 1.35 bits per heavy atom. The fraction of sp³-hybridized carbons (Fsp3) is 0.308. The number of rotatable bonds is 4. The molecule has 0 unspecified atom stereocenters. The highest BCUT2D eigenvalue weighted by atomic mass is 32.1. The molecule has 0 fully saturated rings. The number of aryl methyl sites for hydroxylation is 2. The van der Waals surface area contributed by atoms with E-state index in [0.717, 1.165) is 22.9 Å². The van der Waals surface area contributed by atoms with E-state index in [1.54, 1.807) is 11.3 Å². The Kier molecular flexibility index (Phi) is 3.76. The fourth-order valence-electron chi connectivity index (χ4n) is 1.69. The SMILES string of the molecule is Cc1cccc(Nc2nc(C)c(CCN)s2)c1. The van der Waals surface area contributed by atoms with Crippen LogP contribution in [0, 0.1) is 13.8 Å². The molecule has 0 saturated carbocycles. The van der Waals surface area contributed by atoms with Gasteiger partial charge in [-0.2, -0.15) is 0 Å². The summed E-state index contributed by atoms with van der Waals surface area (Å²) in [6.45, 7) is 4.79. The lowest BCUT2D eigenvalue weighted by Crippen LogP contribution is -2.01. The average Bonchev–Trinajstić information content (AvgIpc) is 2.60. The largest absolute Gasteiger partial charge is 0.332 e. The van der Waals surface area contributed by atoms with E-state index in [2.05, 4.69) is 29.4 Å². The fourth-order valence-corrected chi connectivity index (χ4v) is 2.69. The normalized spacial score (nSPS) is 10.5. The van der Waals surface area contributed by atoms with Crippen molar-refractivity contribution >= 4 is 22.2 Å². The molecule has 1 aromatic heterocycles. The van der Waals surface area contributed by atoms with Gasteiger partial charge in [-0.15, -0.1) is 11.3 Å². The van der Waals surface area contributed by atoms with Gasteiger partial charge in [-0.05, 0) is 44.5 Å². The molecule has 0 radical (unpaired) electrons. The predicted octanol–water partition coefficient (Wildman–Crippen LogP) is 3.00. The second-order valence-corrected chi connectivity index (χ2v) is 5.14. The maximum absolute atomic E-state index is 5.57. The molecule has 0 aliphatic rings. The van der Waals surface area contributed by atoms with Crippen molar-refractivity contribution < 1.29 is 0 Å². The van der Waals surface area contributed by atoms with Crippen molar-refractivity contribution in [2.75, 3.05) is 11.9 Å². The first-order valence-corrected chi connectivity index (χ1v) is 6.51. The van der Waals surface area contributed by atoms with E-state index >= 15 is 0 Å². The van der Waals surface area contributed by atoms with Crippen LogP contribution in [0.2, 0.25) is 0 Å². The van der Waals surface area contributed by atoms with Gasteiger partial charge in [0.1, 0.15) is 0 Å². The Hall–Kier alpha value is -1.39. The lowest BCUT2D eigenvalue weighted by molar-refractivity contribution is 0.970. The lowest BCUT2D eigenvalue weighted by atomic mass is 10.2. The van der Waals surface area contributed by atoms with E-state index < -0.39 is 0 Å². The molecule has 0 aliphatic heterocycles. The molecule has 0 aliphatic carbocycles. The maximum Gasteiger partial charge on any atom is 0.187 e. The summed E-state index contributed by atoms with van der Waals surface area (Å²) in [5.74, 6) is 0. The van der Waals surface area contributed by atoms with E-state index in [1.165, 1.54) is 10.4 Å². The van der Waals surface area contributed by atoms with Gasteiger partial charge in [0, 0.05) is 10.6 Å². The summed E-state index contributed by atoms with van der Waals surface area (Å²) < 4.78 is 0.